The first kappa shape index (κ1) is 13.3. The molecule has 0 aromatic heterocycles. The lowest BCUT2D eigenvalue weighted by Crippen LogP contribution is -2.34. The molecule has 0 heterocycles. The number of hydrogen-bond acceptors (Lipinski definition) is 3. The molecule has 0 bridgehead atoms. The van der Waals surface area contributed by atoms with E-state index in [4.69, 9.17) is 21.4 Å². The van der Waals surface area contributed by atoms with E-state index in [1.54, 1.807) is 7.05 Å². The molecule has 2 N–H and O–H groups in total. The minimum atomic E-state index is -0.0451. The lowest BCUT2D eigenvalue weighted by molar-refractivity contribution is 0.189. The van der Waals surface area contributed by atoms with Crippen molar-refractivity contribution < 1.29 is 9.84 Å². The highest BCUT2D eigenvalue weighted by Crippen LogP contribution is 2.25. The molecule has 0 fully saturated rings. The van der Waals surface area contributed by atoms with Crippen LogP contribution in [0.15, 0.2) is 12.1 Å². The van der Waals surface area contributed by atoms with Gasteiger partial charge in [-0.1, -0.05) is 11.6 Å². The van der Waals surface area contributed by atoms with Gasteiger partial charge in [-0.3, -0.25) is 0 Å². The highest BCUT2D eigenvalue weighted by molar-refractivity contribution is 6.32. The predicted octanol–water partition coefficient (Wildman–Crippen LogP) is 1.92. The molecule has 0 aliphatic carbocycles. The molecule has 0 radical (unpaired) electrons. The summed E-state index contributed by atoms with van der Waals surface area (Å²) < 4.78 is 5.59. The van der Waals surface area contributed by atoms with Crippen molar-refractivity contribution >= 4 is 11.6 Å². The minimum absolute atomic E-state index is 0.0451. The van der Waals surface area contributed by atoms with Crippen LogP contribution >= 0.6 is 11.6 Å². The van der Waals surface area contributed by atoms with Gasteiger partial charge in [0.1, 0.15) is 12.4 Å². The minimum Gasteiger partial charge on any atom is -0.492 e. The SMILES string of the molecule is CNC(CO)COc1cc(C)c(Cl)c(C)c1. The van der Waals surface area contributed by atoms with Crippen molar-refractivity contribution in [3.05, 3.63) is 28.3 Å². The number of rotatable bonds is 5. The van der Waals surface area contributed by atoms with Crippen molar-refractivity contribution in [2.45, 2.75) is 19.9 Å². The highest BCUT2D eigenvalue weighted by atomic mass is 35.5. The lowest BCUT2D eigenvalue weighted by atomic mass is 10.1. The Balaban J connectivity index is 2.68. The van der Waals surface area contributed by atoms with E-state index in [0.717, 1.165) is 21.9 Å². The monoisotopic (exact) mass is 243 g/mol. The predicted molar refractivity (Wildman–Crippen MR) is 66.4 cm³/mol. The third-order valence-corrected chi connectivity index (χ3v) is 3.09. The fourth-order valence-electron chi connectivity index (χ4n) is 1.41. The number of nitrogens with one attached hydrogen (secondary N) is 1. The number of aryl methyl sites for hydroxylation is 2. The Morgan fingerprint density at radius 1 is 1.38 bits per heavy atom. The Kier molecular flexibility index (Phi) is 5.06. The molecule has 1 rings (SSSR count). The quantitative estimate of drug-likeness (QED) is 0.830. The summed E-state index contributed by atoms with van der Waals surface area (Å²) in [5.74, 6) is 0.785. The normalized spacial score (nSPS) is 12.6. The van der Waals surface area contributed by atoms with Gasteiger partial charge < -0.3 is 15.2 Å². The molecule has 0 saturated carbocycles. The van der Waals surface area contributed by atoms with Gasteiger partial charge in [0.2, 0.25) is 0 Å². The van der Waals surface area contributed by atoms with Gasteiger partial charge >= 0.3 is 0 Å². The molecule has 0 saturated heterocycles. The zero-order chi connectivity index (χ0) is 12.1. The molecule has 90 valence electrons. The number of aliphatic hydroxyl groups is 1. The molecule has 1 aromatic rings. The summed E-state index contributed by atoms with van der Waals surface area (Å²) in [6.45, 7) is 4.39. The van der Waals surface area contributed by atoms with Crippen LogP contribution in [-0.2, 0) is 0 Å². The fraction of sp³-hybridized carbons (Fsp3) is 0.500. The van der Waals surface area contributed by atoms with E-state index in [2.05, 4.69) is 5.32 Å². The summed E-state index contributed by atoms with van der Waals surface area (Å²) in [6, 6.07) is 3.76. The summed E-state index contributed by atoms with van der Waals surface area (Å²) in [5.41, 5.74) is 2.00. The molecule has 0 amide bonds. The van der Waals surface area contributed by atoms with Crippen LogP contribution in [0.5, 0.6) is 5.75 Å². The first-order chi connectivity index (χ1) is 7.58. The Bertz CT molecular complexity index is 328. The van der Waals surface area contributed by atoms with Crippen LogP contribution in [-0.4, -0.2) is 31.4 Å². The number of benzene rings is 1. The molecule has 4 heteroatoms. The summed E-state index contributed by atoms with van der Waals surface area (Å²) in [6.07, 6.45) is 0. The van der Waals surface area contributed by atoms with E-state index in [1.807, 2.05) is 26.0 Å². The van der Waals surface area contributed by atoms with Crippen molar-refractivity contribution in [3.8, 4) is 5.75 Å². The highest BCUT2D eigenvalue weighted by Gasteiger charge is 2.07. The van der Waals surface area contributed by atoms with E-state index >= 15 is 0 Å². The van der Waals surface area contributed by atoms with Gasteiger partial charge in [0.25, 0.3) is 0 Å². The van der Waals surface area contributed by atoms with Crippen molar-refractivity contribution in [3.63, 3.8) is 0 Å². The average molecular weight is 244 g/mol. The second-order valence-electron chi connectivity index (χ2n) is 3.85. The van der Waals surface area contributed by atoms with Crippen LogP contribution in [0.2, 0.25) is 5.02 Å². The third kappa shape index (κ3) is 3.37. The van der Waals surface area contributed by atoms with Crippen molar-refractivity contribution in [1.82, 2.24) is 5.32 Å². The van der Waals surface area contributed by atoms with Crippen LogP contribution in [0, 0.1) is 13.8 Å². The second kappa shape index (κ2) is 6.09. The number of ether oxygens (including phenoxy) is 1. The molecular weight excluding hydrogens is 226 g/mol. The Morgan fingerprint density at radius 3 is 2.38 bits per heavy atom. The van der Waals surface area contributed by atoms with E-state index in [-0.39, 0.29) is 12.6 Å². The van der Waals surface area contributed by atoms with Crippen LogP contribution in [0.4, 0.5) is 0 Å². The van der Waals surface area contributed by atoms with Gasteiger partial charge in [0, 0.05) is 5.02 Å². The number of likely N-dealkylation sites (N-methyl/N-ethyl adjacent to an activating group) is 1. The summed E-state index contributed by atoms with van der Waals surface area (Å²) >= 11 is 6.06. The van der Waals surface area contributed by atoms with Crippen molar-refractivity contribution in [1.29, 1.82) is 0 Å². The number of hydrogen-bond donors (Lipinski definition) is 2. The van der Waals surface area contributed by atoms with Crippen LogP contribution in [0.1, 0.15) is 11.1 Å². The topological polar surface area (TPSA) is 41.5 Å². The third-order valence-electron chi connectivity index (χ3n) is 2.49. The molecule has 16 heavy (non-hydrogen) atoms. The Labute approximate surface area is 101 Å². The average Bonchev–Trinajstić information content (AvgIpc) is 2.27. The Hall–Kier alpha value is -0.770. The van der Waals surface area contributed by atoms with Gasteiger partial charge in [0.15, 0.2) is 0 Å². The zero-order valence-corrected chi connectivity index (χ0v) is 10.6. The first-order valence-corrected chi connectivity index (χ1v) is 5.64. The van der Waals surface area contributed by atoms with E-state index in [0.29, 0.717) is 6.61 Å². The molecular formula is C12H18ClNO2. The molecule has 0 spiro atoms. The maximum absolute atomic E-state index is 8.99. The molecule has 1 atom stereocenters. The van der Waals surface area contributed by atoms with E-state index < -0.39 is 0 Å². The van der Waals surface area contributed by atoms with Crippen molar-refractivity contribution in [2.24, 2.45) is 0 Å². The van der Waals surface area contributed by atoms with Gasteiger partial charge in [-0.15, -0.1) is 0 Å². The standard InChI is InChI=1S/C12H18ClNO2/c1-8-4-11(5-9(2)12(8)13)16-7-10(6-15)14-3/h4-5,10,14-15H,6-7H2,1-3H3. The zero-order valence-electron chi connectivity index (χ0n) is 9.88. The van der Waals surface area contributed by atoms with Gasteiger partial charge in [-0.25, -0.2) is 0 Å². The van der Waals surface area contributed by atoms with Gasteiger partial charge in [-0.2, -0.15) is 0 Å². The molecule has 0 aliphatic rings. The van der Waals surface area contributed by atoms with Gasteiger partial charge in [-0.05, 0) is 44.2 Å². The van der Waals surface area contributed by atoms with Crippen molar-refractivity contribution in [2.75, 3.05) is 20.3 Å². The maximum atomic E-state index is 8.99. The maximum Gasteiger partial charge on any atom is 0.120 e. The summed E-state index contributed by atoms with van der Waals surface area (Å²) in [5, 5.41) is 12.7. The molecule has 1 aromatic carbocycles. The van der Waals surface area contributed by atoms with E-state index in [9.17, 15) is 0 Å². The molecule has 1 unspecified atom stereocenters. The van der Waals surface area contributed by atoms with Crippen LogP contribution in [0.25, 0.3) is 0 Å². The first-order valence-electron chi connectivity index (χ1n) is 5.26. The van der Waals surface area contributed by atoms with E-state index in [1.165, 1.54) is 0 Å². The largest absolute Gasteiger partial charge is 0.492 e. The molecule has 3 nitrogen and oxygen atoms in total. The summed E-state index contributed by atoms with van der Waals surface area (Å²) in [4.78, 5) is 0. The lowest BCUT2D eigenvalue weighted by Gasteiger charge is -2.15. The smallest absolute Gasteiger partial charge is 0.120 e. The molecule has 0 aliphatic heterocycles. The number of aliphatic hydroxyl groups excluding tert-OH is 1. The second-order valence-corrected chi connectivity index (χ2v) is 4.23. The van der Waals surface area contributed by atoms with Crippen LogP contribution in [0.3, 0.4) is 0 Å². The fourth-order valence-corrected chi connectivity index (χ4v) is 1.52. The summed E-state index contributed by atoms with van der Waals surface area (Å²) in [7, 11) is 1.79. The van der Waals surface area contributed by atoms with Gasteiger partial charge in [0.05, 0.1) is 12.6 Å². The van der Waals surface area contributed by atoms with Crippen LogP contribution < -0.4 is 10.1 Å². The Morgan fingerprint density at radius 2 is 1.94 bits per heavy atom. The number of halogens is 1.